The molecular formula is C13H18BF2NO2. The SMILES string of the molecule is Cc1cc(B2OC(C)(C)C(C)(C)O2)nc(C(F)F)c1. The summed E-state index contributed by atoms with van der Waals surface area (Å²) < 4.78 is 37.2. The number of hydrogen-bond donors (Lipinski definition) is 0. The van der Waals surface area contributed by atoms with Crippen LogP contribution in [-0.4, -0.2) is 23.3 Å². The molecule has 0 aliphatic carbocycles. The molecule has 1 fully saturated rings. The summed E-state index contributed by atoms with van der Waals surface area (Å²) in [6.45, 7) is 9.41. The van der Waals surface area contributed by atoms with E-state index in [0.29, 0.717) is 5.59 Å². The van der Waals surface area contributed by atoms with Gasteiger partial charge in [0, 0.05) is 0 Å². The van der Waals surface area contributed by atoms with E-state index in [0.717, 1.165) is 5.56 Å². The normalized spacial score (nSPS) is 21.2. The van der Waals surface area contributed by atoms with Gasteiger partial charge < -0.3 is 9.31 Å². The van der Waals surface area contributed by atoms with Crippen molar-refractivity contribution in [3.63, 3.8) is 0 Å². The maximum atomic E-state index is 12.8. The number of rotatable bonds is 2. The minimum absolute atomic E-state index is 0.246. The molecule has 104 valence electrons. The van der Waals surface area contributed by atoms with Gasteiger partial charge in [-0.15, -0.1) is 0 Å². The van der Waals surface area contributed by atoms with Crippen molar-refractivity contribution < 1.29 is 18.1 Å². The first-order valence-electron chi connectivity index (χ1n) is 6.25. The van der Waals surface area contributed by atoms with Crippen LogP contribution in [-0.2, 0) is 9.31 Å². The van der Waals surface area contributed by atoms with E-state index in [1.54, 1.807) is 13.0 Å². The first-order valence-corrected chi connectivity index (χ1v) is 6.25. The zero-order valence-electron chi connectivity index (χ0n) is 11.8. The standard InChI is InChI=1S/C13H18BF2NO2/c1-8-6-9(11(15)16)17-10(7-8)14-18-12(2,3)13(4,5)19-14/h6-7,11H,1-5H3. The highest BCUT2D eigenvalue weighted by Gasteiger charge is 2.52. The first kappa shape index (κ1) is 14.4. The van der Waals surface area contributed by atoms with Crippen LogP contribution < -0.4 is 5.59 Å². The predicted octanol–water partition coefficient (Wildman–Crippen LogP) is 2.63. The molecule has 3 nitrogen and oxygen atoms in total. The molecule has 6 heteroatoms. The average molecular weight is 269 g/mol. The Morgan fingerprint density at radius 2 is 1.63 bits per heavy atom. The highest BCUT2D eigenvalue weighted by Crippen LogP contribution is 2.36. The second-order valence-corrected chi connectivity index (χ2v) is 5.88. The van der Waals surface area contributed by atoms with Crippen LogP contribution in [0.1, 0.15) is 45.4 Å². The molecule has 0 unspecified atom stereocenters. The van der Waals surface area contributed by atoms with Crippen molar-refractivity contribution in [1.82, 2.24) is 4.98 Å². The molecule has 0 aromatic carbocycles. The molecule has 2 heterocycles. The summed E-state index contributed by atoms with van der Waals surface area (Å²) in [5, 5.41) is 0. The van der Waals surface area contributed by atoms with Gasteiger partial charge in [0.15, 0.2) is 0 Å². The van der Waals surface area contributed by atoms with Crippen molar-refractivity contribution in [1.29, 1.82) is 0 Å². The number of aromatic nitrogens is 1. The summed E-state index contributed by atoms with van der Waals surface area (Å²) in [5.41, 5.74) is -0.143. The molecule has 0 saturated carbocycles. The van der Waals surface area contributed by atoms with Crippen molar-refractivity contribution in [2.45, 2.75) is 52.2 Å². The molecule has 2 rings (SSSR count). The molecule has 0 atom stereocenters. The van der Waals surface area contributed by atoms with E-state index >= 15 is 0 Å². The van der Waals surface area contributed by atoms with E-state index in [1.165, 1.54) is 6.07 Å². The van der Waals surface area contributed by atoms with E-state index in [1.807, 2.05) is 27.7 Å². The molecule has 0 N–H and O–H groups in total. The van der Waals surface area contributed by atoms with Crippen LogP contribution in [0.3, 0.4) is 0 Å². The Morgan fingerprint density at radius 3 is 2.11 bits per heavy atom. The summed E-state index contributed by atoms with van der Waals surface area (Å²) in [5.74, 6) is 0. The summed E-state index contributed by atoms with van der Waals surface area (Å²) in [6, 6.07) is 3.09. The number of nitrogens with zero attached hydrogens (tertiary/aromatic N) is 1. The largest absolute Gasteiger partial charge is 0.514 e. The topological polar surface area (TPSA) is 31.4 Å². The summed E-state index contributed by atoms with van der Waals surface area (Å²) in [6.07, 6.45) is -2.60. The number of alkyl halides is 2. The third-order valence-corrected chi connectivity index (χ3v) is 3.73. The third-order valence-electron chi connectivity index (χ3n) is 3.73. The van der Waals surface area contributed by atoms with Crippen molar-refractivity contribution in [3.05, 3.63) is 23.4 Å². The van der Waals surface area contributed by atoms with Crippen LogP contribution >= 0.6 is 0 Å². The van der Waals surface area contributed by atoms with E-state index in [9.17, 15) is 8.78 Å². The van der Waals surface area contributed by atoms with Crippen LogP contribution in [0.5, 0.6) is 0 Å². The van der Waals surface area contributed by atoms with E-state index < -0.39 is 24.7 Å². The Morgan fingerprint density at radius 1 is 1.11 bits per heavy atom. The van der Waals surface area contributed by atoms with Gasteiger partial charge in [-0.3, -0.25) is 4.98 Å². The zero-order chi connectivity index (χ0) is 14.4. The molecule has 1 aromatic heterocycles. The maximum Gasteiger partial charge on any atom is 0.514 e. The molecule has 0 bridgehead atoms. The molecule has 1 saturated heterocycles. The molecule has 1 aliphatic heterocycles. The molecular weight excluding hydrogens is 251 g/mol. The highest BCUT2D eigenvalue weighted by molar-refractivity contribution is 6.61. The van der Waals surface area contributed by atoms with Crippen LogP contribution in [0.25, 0.3) is 0 Å². The fraction of sp³-hybridized carbons (Fsp3) is 0.615. The first-order chi connectivity index (χ1) is 8.62. The molecule has 0 amide bonds. The summed E-state index contributed by atoms with van der Waals surface area (Å²) in [4.78, 5) is 3.95. The van der Waals surface area contributed by atoms with Gasteiger partial charge >= 0.3 is 7.12 Å². The summed E-state index contributed by atoms with van der Waals surface area (Å²) >= 11 is 0. The van der Waals surface area contributed by atoms with Gasteiger partial charge in [0.25, 0.3) is 6.43 Å². The molecule has 0 radical (unpaired) electrons. The van der Waals surface area contributed by atoms with Crippen molar-refractivity contribution in [3.8, 4) is 0 Å². The minimum Gasteiger partial charge on any atom is -0.398 e. The third kappa shape index (κ3) is 2.65. The fourth-order valence-corrected chi connectivity index (χ4v) is 1.92. The lowest BCUT2D eigenvalue weighted by atomic mass is 9.83. The van der Waals surface area contributed by atoms with Crippen molar-refractivity contribution >= 4 is 12.7 Å². The van der Waals surface area contributed by atoms with Gasteiger partial charge in [0.05, 0.1) is 16.8 Å². The highest BCUT2D eigenvalue weighted by atomic mass is 19.3. The Balaban J connectivity index is 2.34. The second-order valence-electron chi connectivity index (χ2n) is 5.88. The lowest BCUT2D eigenvalue weighted by molar-refractivity contribution is 0.00578. The second kappa shape index (κ2) is 4.53. The van der Waals surface area contributed by atoms with E-state index in [-0.39, 0.29) is 5.69 Å². The van der Waals surface area contributed by atoms with Crippen LogP contribution in [0.2, 0.25) is 0 Å². The quantitative estimate of drug-likeness (QED) is 0.773. The molecule has 0 spiro atoms. The average Bonchev–Trinajstić information content (AvgIpc) is 2.47. The molecule has 19 heavy (non-hydrogen) atoms. The van der Waals surface area contributed by atoms with E-state index in [4.69, 9.17) is 9.31 Å². The Kier molecular flexibility index (Phi) is 3.43. The zero-order valence-corrected chi connectivity index (χ0v) is 11.8. The van der Waals surface area contributed by atoms with Crippen molar-refractivity contribution in [2.24, 2.45) is 0 Å². The lowest BCUT2D eigenvalue weighted by Crippen LogP contribution is -2.41. The number of pyridine rings is 1. The van der Waals surface area contributed by atoms with E-state index in [2.05, 4.69) is 4.98 Å². The Hall–Kier alpha value is -1.01. The smallest absolute Gasteiger partial charge is 0.398 e. The lowest BCUT2D eigenvalue weighted by Gasteiger charge is -2.32. The van der Waals surface area contributed by atoms with Crippen LogP contribution in [0.15, 0.2) is 12.1 Å². The van der Waals surface area contributed by atoms with Crippen LogP contribution in [0, 0.1) is 6.92 Å². The predicted molar refractivity (Wildman–Crippen MR) is 69.6 cm³/mol. The summed E-state index contributed by atoms with van der Waals surface area (Å²) in [7, 11) is -0.706. The van der Waals surface area contributed by atoms with Gasteiger partial charge in [-0.05, 0) is 52.3 Å². The number of hydrogen-bond acceptors (Lipinski definition) is 3. The fourth-order valence-electron chi connectivity index (χ4n) is 1.92. The monoisotopic (exact) mass is 269 g/mol. The molecule has 1 aliphatic rings. The van der Waals surface area contributed by atoms with Gasteiger partial charge in [-0.1, -0.05) is 0 Å². The maximum absolute atomic E-state index is 12.8. The van der Waals surface area contributed by atoms with Crippen LogP contribution in [0.4, 0.5) is 8.78 Å². The number of aryl methyl sites for hydroxylation is 1. The van der Waals surface area contributed by atoms with Gasteiger partial charge in [0.1, 0.15) is 5.69 Å². The molecule has 1 aromatic rings. The Bertz CT molecular complexity index is 476. The Labute approximate surface area is 112 Å². The minimum atomic E-state index is -2.60. The van der Waals surface area contributed by atoms with Gasteiger partial charge in [-0.25, -0.2) is 8.78 Å². The number of halogens is 2. The van der Waals surface area contributed by atoms with Gasteiger partial charge in [-0.2, -0.15) is 0 Å². The van der Waals surface area contributed by atoms with Gasteiger partial charge in [0.2, 0.25) is 0 Å². The van der Waals surface area contributed by atoms with Crippen molar-refractivity contribution in [2.75, 3.05) is 0 Å².